The molecule has 0 aromatic heterocycles. The average molecular weight is 325 g/mol. The number of hydrogen-bond donors (Lipinski definition) is 1. The van der Waals surface area contributed by atoms with Gasteiger partial charge in [0.05, 0.1) is 0 Å². The lowest BCUT2D eigenvalue weighted by Gasteiger charge is -2.14. The molecule has 126 valence electrons. The van der Waals surface area contributed by atoms with E-state index in [1.165, 1.54) is 5.56 Å². The maximum atomic E-state index is 12.1. The Labute approximate surface area is 142 Å². The molecule has 1 amide bonds. The molecule has 0 unspecified atom stereocenters. The van der Waals surface area contributed by atoms with Gasteiger partial charge in [0.1, 0.15) is 0 Å². The standard InChI is InChI=1S/C20H23NO3/c1-15(7-8-16-5-3-2-4-6-16)21-20(22)12-10-17-9-11-18-19(13-17)24-14-23-18/h2-6,9,11,13,15H,7-8,10,12,14H2,1H3,(H,21,22)/t15-/m0/s1. The topological polar surface area (TPSA) is 47.6 Å². The van der Waals surface area contributed by atoms with Crippen molar-refractivity contribution in [3.8, 4) is 11.5 Å². The van der Waals surface area contributed by atoms with Crippen LogP contribution in [0.15, 0.2) is 48.5 Å². The van der Waals surface area contributed by atoms with Crippen LogP contribution in [0.25, 0.3) is 0 Å². The van der Waals surface area contributed by atoms with Crippen LogP contribution in [0.5, 0.6) is 11.5 Å². The molecule has 1 N–H and O–H groups in total. The second-order valence-corrected chi connectivity index (χ2v) is 6.18. The SMILES string of the molecule is C[C@@H](CCc1ccccc1)NC(=O)CCc1ccc2c(c1)OCO2. The van der Waals surface area contributed by atoms with E-state index in [4.69, 9.17) is 9.47 Å². The molecule has 0 fully saturated rings. The van der Waals surface area contributed by atoms with Crippen molar-refractivity contribution in [3.63, 3.8) is 0 Å². The second-order valence-electron chi connectivity index (χ2n) is 6.18. The number of fused-ring (bicyclic) bond motifs is 1. The maximum Gasteiger partial charge on any atom is 0.231 e. The predicted molar refractivity (Wildman–Crippen MR) is 93.3 cm³/mol. The summed E-state index contributed by atoms with van der Waals surface area (Å²) in [5, 5.41) is 3.08. The fourth-order valence-corrected chi connectivity index (χ4v) is 2.80. The first-order valence-corrected chi connectivity index (χ1v) is 8.42. The highest BCUT2D eigenvalue weighted by atomic mass is 16.7. The molecule has 1 heterocycles. The molecule has 1 aliphatic rings. The Balaban J connectivity index is 1.40. The lowest BCUT2D eigenvalue weighted by atomic mass is 10.1. The maximum absolute atomic E-state index is 12.1. The van der Waals surface area contributed by atoms with Crippen LogP contribution >= 0.6 is 0 Å². The molecule has 1 aliphatic heterocycles. The van der Waals surface area contributed by atoms with Crippen LogP contribution in [0.2, 0.25) is 0 Å². The van der Waals surface area contributed by atoms with Gasteiger partial charge in [-0.1, -0.05) is 36.4 Å². The Morgan fingerprint density at radius 2 is 1.83 bits per heavy atom. The van der Waals surface area contributed by atoms with Crippen LogP contribution in [-0.4, -0.2) is 18.7 Å². The molecule has 0 saturated heterocycles. The van der Waals surface area contributed by atoms with Gasteiger partial charge < -0.3 is 14.8 Å². The van der Waals surface area contributed by atoms with Crippen molar-refractivity contribution in [1.29, 1.82) is 0 Å². The van der Waals surface area contributed by atoms with Crippen molar-refractivity contribution in [3.05, 3.63) is 59.7 Å². The molecule has 2 aromatic rings. The Kier molecular flexibility index (Phi) is 5.36. The zero-order chi connectivity index (χ0) is 16.8. The van der Waals surface area contributed by atoms with Crippen molar-refractivity contribution in [1.82, 2.24) is 5.32 Å². The summed E-state index contributed by atoms with van der Waals surface area (Å²) in [6, 6.07) is 16.4. The number of rotatable bonds is 7. The van der Waals surface area contributed by atoms with Crippen molar-refractivity contribution >= 4 is 5.91 Å². The first-order chi connectivity index (χ1) is 11.7. The summed E-state index contributed by atoms with van der Waals surface area (Å²) in [5.74, 6) is 1.63. The van der Waals surface area contributed by atoms with E-state index in [-0.39, 0.29) is 18.7 Å². The summed E-state index contributed by atoms with van der Waals surface area (Å²) < 4.78 is 10.7. The summed E-state index contributed by atoms with van der Waals surface area (Å²) >= 11 is 0. The molecule has 0 spiro atoms. The van der Waals surface area contributed by atoms with E-state index in [9.17, 15) is 4.79 Å². The number of carbonyl (C=O) groups is 1. The van der Waals surface area contributed by atoms with E-state index in [0.29, 0.717) is 12.8 Å². The number of hydrogen-bond acceptors (Lipinski definition) is 3. The van der Waals surface area contributed by atoms with Gasteiger partial charge in [-0.2, -0.15) is 0 Å². The third-order valence-corrected chi connectivity index (χ3v) is 4.19. The number of amides is 1. The molecule has 2 aromatic carbocycles. The molecule has 0 aliphatic carbocycles. The molecule has 24 heavy (non-hydrogen) atoms. The fourth-order valence-electron chi connectivity index (χ4n) is 2.80. The molecule has 1 atom stereocenters. The summed E-state index contributed by atoms with van der Waals surface area (Å²) in [5.41, 5.74) is 2.39. The van der Waals surface area contributed by atoms with E-state index in [1.54, 1.807) is 0 Å². The number of benzene rings is 2. The average Bonchev–Trinajstić information content (AvgIpc) is 3.07. The zero-order valence-electron chi connectivity index (χ0n) is 14.0. The van der Waals surface area contributed by atoms with Crippen LogP contribution in [-0.2, 0) is 17.6 Å². The van der Waals surface area contributed by atoms with Crippen molar-refractivity contribution in [2.24, 2.45) is 0 Å². The monoisotopic (exact) mass is 325 g/mol. The van der Waals surface area contributed by atoms with Gasteiger partial charge in [-0.05, 0) is 49.4 Å². The number of nitrogens with one attached hydrogen (secondary N) is 1. The first kappa shape index (κ1) is 16.4. The zero-order valence-corrected chi connectivity index (χ0v) is 14.0. The quantitative estimate of drug-likeness (QED) is 0.848. The predicted octanol–water partition coefficient (Wildman–Crippen LogP) is 3.49. The minimum Gasteiger partial charge on any atom is -0.454 e. The highest BCUT2D eigenvalue weighted by Gasteiger charge is 2.14. The van der Waals surface area contributed by atoms with E-state index in [0.717, 1.165) is 29.9 Å². The van der Waals surface area contributed by atoms with Gasteiger partial charge in [0, 0.05) is 12.5 Å². The van der Waals surface area contributed by atoms with Crippen LogP contribution in [0.4, 0.5) is 0 Å². The molecule has 4 heteroatoms. The Bertz CT molecular complexity index is 685. The first-order valence-electron chi connectivity index (χ1n) is 8.42. The molecule has 0 radical (unpaired) electrons. The minimum atomic E-state index is 0.0910. The molecule has 3 rings (SSSR count). The Hall–Kier alpha value is -2.49. The minimum absolute atomic E-state index is 0.0910. The van der Waals surface area contributed by atoms with Gasteiger partial charge in [-0.3, -0.25) is 4.79 Å². The van der Waals surface area contributed by atoms with E-state index < -0.39 is 0 Å². The van der Waals surface area contributed by atoms with Crippen molar-refractivity contribution < 1.29 is 14.3 Å². The Morgan fingerprint density at radius 1 is 1.04 bits per heavy atom. The lowest BCUT2D eigenvalue weighted by Crippen LogP contribution is -2.33. The largest absolute Gasteiger partial charge is 0.454 e. The normalized spacial score (nSPS) is 13.5. The molecule has 0 saturated carbocycles. The van der Waals surface area contributed by atoms with E-state index >= 15 is 0 Å². The summed E-state index contributed by atoms with van der Waals surface area (Å²) in [6.45, 7) is 2.33. The van der Waals surface area contributed by atoms with Gasteiger partial charge in [-0.25, -0.2) is 0 Å². The van der Waals surface area contributed by atoms with Crippen LogP contribution in [0.1, 0.15) is 30.9 Å². The van der Waals surface area contributed by atoms with Gasteiger partial charge in [-0.15, -0.1) is 0 Å². The van der Waals surface area contributed by atoms with Crippen LogP contribution in [0.3, 0.4) is 0 Å². The smallest absolute Gasteiger partial charge is 0.231 e. The summed E-state index contributed by atoms with van der Waals surface area (Å²) in [6.07, 6.45) is 3.10. The van der Waals surface area contributed by atoms with Crippen LogP contribution < -0.4 is 14.8 Å². The lowest BCUT2D eigenvalue weighted by molar-refractivity contribution is -0.121. The highest BCUT2D eigenvalue weighted by Crippen LogP contribution is 2.32. The summed E-state index contributed by atoms with van der Waals surface area (Å²) in [4.78, 5) is 12.1. The van der Waals surface area contributed by atoms with Crippen LogP contribution in [0, 0.1) is 0 Å². The molecular formula is C20H23NO3. The molecule has 0 bridgehead atoms. The number of carbonyl (C=O) groups excluding carboxylic acids is 1. The van der Waals surface area contributed by atoms with Crippen molar-refractivity contribution in [2.45, 2.75) is 38.6 Å². The summed E-state index contributed by atoms with van der Waals surface area (Å²) in [7, 11) is 0. The van der Waals surface area contributed by atoms with Crippen molar-refractivity contribution in [2.75, 3.05) is 6.79 Å². The van der Waals surface area contributed by atoms with Gasteiger partial charge >= 0.3 is 0 Å². The number of ether oxygens (including phenoxy) is 2. The van der Waals surface area contributed by atoms with Gasteiger partial charge in [0.2, 0.25) is 12.7 Å². The van der Waals surface area contributed by atoms with E-state index in [2.05, 4.69) is 24.4 Å². The molecule has 4 nitrogen and oxygen atoms in total. The van der Waals surface area contributed by atoms with E-state index in [1.807, 2.05) is 36.4 Å². The fraction of sp³-hybridized carbons (Fsp3) is 0.350. The third-order valence-electron chi connectivity index (χ3n) is 4.19. The molecular weight excluding hydrogens is 302 g/mol. The number of aryl methyl sites for hydroxylation is 2. The van der Waals surface area contributed by atoms with Gasteiger partial charge in [0.15, 0.2) is 11.5 Å². The third kappa shape index (κ3) is 4.51. The Morgan fingerprint density at radius 3 is 2.67 bits per heavy atom. The highest BCUT2D eigenvalue weighted by molar-refractivity contribution is 5.76. The van der Waals surface area contributed by atoms with Gasteiger partial charge in [0.25, 0.3) is 0 Å². The second kappa shape index (κ2) is 7.86.